The standard InChI is InChI=1S/C11H14O.H3NO2S/c1-8-5-4-6-11(10(8)3)7-9(2)12;1-4(2)3/h4-6H,7H2,1-3H3;4H,(H2,1,2,3). The Morgan fingerprint density at radius 2 is 1.81 bits per heavy atom. The molecule has 0 atom stereocenters. The molecule has 1 aromatic carbocycles. The lowest BCUT2D eigenvalue weighted by Crippen LogP contribution is -1.99. The third kappa shape index (κ3) is 6.31. The molecule has 0 saturated carbocycles. The predicted molar refractivity (Wildman–Crippen MR) is 64.8 cm³/mol. The molecule has 0 spiro atoms. The molecule has 2 N–H and O–H groups in total. The minimum atomic E-state index is -2.62. The van der Waals surface area contributed by atoms with E-state index in [9.17, 15) is 4.79 Å². The van der Waals surface area contributed by atoms with E-state index in [2.05, 4.69) is 25.1 Å². The number of carbonyl (C=O) groups excluding carboxylic acids is 1. The molecule has 1 rings (SSSR count). The van der Waals surface area contributed by atoms with E-state index >= 15 is 0 Å². The van der Waals surface area contributed by atoms with Crippen LogP contribution in [0.4, 0.5) is 0 Å². The van der Waals surface area contributed by atoms with Crippen LogP contribution in [0.3, 0.4) is 0 Å². The number of hydrogen-bond donors (Lipinski definition) is 2. The van der Waals surface area contributed by atoms with Gasteiger partial charge in [0.1, 0.15) is 5.78 Å². The van der Waals surface area contributed by atoms with Crippen LogP contribution in [0.1, 0.15) is 23.6 Å². The Labute approximate surface area is 97.6 Å². The van der Waals surface area contributed by atoms with E-state index in [4.69, 9.17) is 8.42 Å². The number of thiol groups is 1. The van der Waals surface area contributed by atoms with Crippen LogP contribution in [0.2, 0.25) is 0 Å². The van der Waals surface area contributed by atoms with Crippen molar-refractivity contribution in [3.05, 3.63) is 34.9 Å². The van der Waals surface area contributed by atoms with E-state index < -0.39 is 10.9 Å². The van der Waals surface area contributed by atoms with Gasteiger partial charge in [-0.25, -0.2) is 13.6 Å². The van der Waals surface area contributed by atoms with Gasteiger partial charge in [0, 0.05) is 6.42 Å². The molecule has 0 aliphatic carbocycles. The molecule has 0 aliphatic rings. The zero-order valence-electron chi connectivity index (χ0n) is 9.69. The summed E-state index contributed by atoms with van der Waals surface area (Å²) in [5.74, 6) is 0.226. The number of benzene rings is 1. The van der Waals surface area contributed by atoms with Crippen molar-refractivity contribution < 1.29 is 13.2 Å². The molecule has 1 aromatic rings. The summed E-state index contributed by atoms with van der Waals surface area (Å²) in [6, 6.07) is 6.09. The van der Waals surface area contributed by atoms with Crippen LogP contribution in [0.5, 0.6) is 0 Å². The molecule has 4 nitrogen and oxygen atoms in total. The van der Waals surface area contributed by atoms with Gasteiger partial charge in [0.25, 0.3) is 0 Å². The van der Waals surface area contributed by atoms with Crippen molar-refractivity contribution in [2.24, 2.45) is 5.14 Å². The lowest BCUT2D eigenvalue weighted by atomic mass is 10.00. The van der Waals surface area contributed by atoms with Crippen molar-refractivity contribution in [1.29, 1.82) is 0 Å². The molecule has 0 aromatic heterocycles. The highest BCUT2D eigenvalue weighted by molar-refractivity contribution is 7.69. The van der Waals surface area contributed by atoms with Gasteiger partial charge in [0.05, 0.1) is 0 Å². The summed E-state index contributed by atoms with van der Waals surface area (Å²) in [6.45, 7) is 5.76. The van der Waals surface area contributed by atoms with Crippen LogP contribution >= 0.6 is 0 Å². The average molecular weight is 243 g/mol. The molecule has 5 heteroatoms. The quantitative estimate of drug-likeness (QED) is 0.758. The summed E-state index contributed by atoms with van der Waals surface area (Å²) in [5.41, 5.74) is 3.66. The van der Waals surface area contributed by atoms with Gasteiger partial charge in [-0.1, -0.05) is 18.2 Å². The SMILES string of the molecule is CC(=O)Cc1cccc(C)c1C.N[SH](=O)=O. The summed E-state index contributed by atoms with van der Waals surface area (Å²) < 4.78 is 17.6. The summed E-state index contributed by atoms with van der Waals surface area (Å²) in [6.07, 6.45) is 0.563. The molecule has 0 radical (unpaired) electrons. The van der Waals surface area contributed by atoms with E-state index in [1.807, 2.05) is 12.1 Å². The second-order valence-corrected chi connectivity index (χ2v) is 4.09. The van der Waals surface area contributed by atoms with Crippen molar-refractivity contribution in [1.82, 2.24) is 0 Å². The zero-order valence-corrected chi connectivity index (χ0v) is 10.6. The first-order chi connectivity index (χ1) is 7.34. The van der Waals surface area contributed by atoms with Gasteiger partial charge in [-0.2, -0.15) is 0 Å². The van der Waals surface area contributed by atoms with Gasteiger partial charge >= 0.3 is 0 Å². The molecular weight excluding hydrogens is 226 g/mol. The van der Waals surface area contributed by atoms with E-state index in [1.54, 1.807) is 6.92 Å². The van der Waals surface area contributed by atoms with Crippen LogP contribution in [0.15, 0.2) is 18.2 Å². The third-order valence-corrected chi connectivity index (χ3v) is 2.16. The number of rotatable bonds is 2. The van der Waals surface area contributed by atoms with Crippen LogP contribution < -0.4 is 5.14 Å². The van der Waals surface area contributed by atoms with Crippen LogP contribution in [-0.4, -0.2) is 14.2 Å². The molecular formula is C11H17NO3S. The molecule has 0 fully saturated rings. The Morgan fingerprint density at radius 1 is 1.31 bits per heavy atom. The first kappa shape index (κ1) is 14.8. The van der Waals surface area contributed by atoms with Gasteiger partial charge in [-0.05, 0) is 37.5 Å². The van der Waals surface area contributed by atoms with Gasteiger partial charge in [0.2, 0.25) is 0 Å². The van der Waals surface area contributed by atoms with Crippen molar-refractivity contribution in [3.8, 4) is 0 Å². The first-order valence-corrected chi connectivity index (χ1v) is 6.03. The van der Waals surface area contributed by atoms with Gasteiger partial charge in [0.15, 0.2) is 10.9 Å². The Bertz CT molecular complexity index is 431. The van der Waals surface area contributed by atoms with E-state index in [-0.39, 0.29) is 5.78 Å². The summed E-state index contributed by atoms with van der Waals surface area (Å²) >= 11 is 0. The van der Waals surface area contributed by atoms with E-state index in [0.29, 0.717) is 6.42 Å². The highest BCUT2D eigenvalue weighted by Gasteiger charge is 2.02. The summed E-state index contributed by atoms with van der Waals surface area (Å²) in [7, 11) is -2.62. The van der Waals surface area contributed by atoms with E-state index in [0.717, 1.165) is 5.56 Å². The monoisotopic (exact) mass is 243 g/mol. The topological polar surface area (TPSA) is 77.2 Å². The Hall–Kier alpha value is -1.20. The number of Topliss-reactive ketones (excluding diaryl/α,β-unsaturated/α-hetero) is 1. The minimum Gasteiger partial charge on any atom is -0.300 e. The molecule has 0 amide bonds. The molecule has 0 heterocycles. The van der Waals surface area contributed by atoms with Crippen molar-refractivity contribution in [2.45, 2.75) is 27.2 Å². The van der Waals surface area contributed by atoms with Crippen LogP contribution in [0.25, 0.3) is 0 Å². The average Bonchev–Trinajstić information content (AvgIpc) is 2.11. The second kappa shape index (κ2) is 7.14. The molecule has 0 unspecified atom stereocenters. The molecule has 16 heavy (non-hydrogen) atoms. The molecule has 0 aliphatic heterocycles. The highest BCUT2D eigenvalue weighted by Crippen LogP contribution is 2.13. The fraction of sp³-hybridized carbons (Fsp3) is 0.364. The van der Waals surface area contributed by atoms with Gasteiger partial charge in [-0.15, -0.1) is 0 Å². The van der Waals surface area contributed by atoms with Crippen LogP contribution in [0, 0.1) is 13.8 Å². The fourth-order valence-electron chi connectivity index (χ4n) is 1.27. The van der Waals surface area contributed by atoms with Gasteiger partial charge in [-0.3, -0.25) is 4.79 Å². The Balaban J connectivity index is 0.000000487. The Kier molecular flexibility index (Phi) is 6.60. The second-order valence-electron chi connectivity index (χ2n) is 3.52. The number of aryl methyl sites for hydroxylation is 1. The van der Waals surface area contributed by atoms with Gasteiger partial charge < -0.3 is 0 Å². The summed E-state index contributed by atoms with van der Waals surface area (Å²) in [5, 5.41) is 4.06. The number of ketones is 1. The molecule has 0 saturated heterocycles. The van der Waals surface area contributed by atoms with E-state index in [1.165, 1.54) is 11.1 Å². The molecule has 90 valence electrons. The number of carbonyl (C=O) groups is 1. The minimum absolute atomic E-state index is 0.226. The zero-order chi connectivity index (χ0) is 12.7. The predicted octanol–water partition coefficient (Wildman–Crippen LogP) is 0.906. The normalized spacial score (nSPS) is 9.56. The molecule has 0 bridgehead atoms. The first-order valence-electron chi connectivity index (χ1n) is 4.78. The lowest BCUT2D eigenvalue weighted by molar-refractivity contribution is -0.116. The highest BCUT2D eigenvalue weighted by atomic mass is 32.2. The van der Waals surface area contributed by atoms with Crippen LogP contribution in [-0.2, 0) is 22.1 Å². The fourth-order valence-corrected chi connectivity index (χ4v) is 1.27. The van der Waals surface area contributed by atoms with Crippen molar-refractivity contribution in [3.63, 3.8) is 0 Å². The maximum Gasteiger partial charge on any atom is 0.198 e. The maximum atomic E-state index is 10.9. The maximum absolute atomic E-state index is 10.9. The Morgan fingerprint density at radius 3 is 2.25 bits per heavy atom. The lowest BCUT2D eigenvalue weighted by Gasteiger charge is -2.05. The summed E-state index contributed by atoms with van der Waals surface area (Å²) in [4.78, 5) is 10.9. The number of hydrogen-bond acceptors (Lipinski definition) is 3. The van der Waals surface area contributed by atoms with Crippen molar-refractivity contribution >= 4 is 16.7 Å². The third-order valence-electron chi connectivity index (χ3n) is 2.16. The largest absolute Gasteiger partial charge is 0.300 e. The smallest absolute Gasteiger partial charge is 0.198 e. The van der Waals surface area contributed by atoms with Crippen molar-refractivity contribution in [2.75, 3.05) is 0 Å². The number of nitrogens with two attached hydrogens (primary N) is 1.